The van der Waals surface area contributed by atoms with E-state index in [9.17, 15) is 17.6 Å². The number of nitrogens with two attached hydrogens (primary N) is 1. The molecule has 1 aromatic carbocycles. The standard InChI is InChI=1S/C12H15FN2O3S/c1-12(5-2-6-12)15-11(16)9-4-3-8(7-10(9)13)19(14,17)18/h3-4,7H,2,5-6H2,1H3,(H,15,16)(H2,14,17,18). The summed E-state index contributed by atoms with van der Waals surface area (Å²) in [6, 6.07) is 3.01. The molecular formula is C12H15FN2O3S. The summed E-state index contributed by atoms with van der Waals surface area (Å²) in [5.74, 6) is -1.44. The van der Waals surface area contributed by atoms with Gasteiger partial charge in [-0.1, -0.05) is 0 Å². The van der Waals surface area contributed by atoms with Crippen molar-refractivity contribution in [2.24, 2.45) is 5.14 Å². The Balaban J connectivity index is 2.24. The van der Waals surface area contributed by atoms with E-state index >= 15 is 0 Å². The van der Waals surface area contributed by atoms with Crippen LogP contribution in [-0.4, -0.2) is 19.9 Å². The highest BCUT2D eigenvalue weighted by atomic mass is 32.2. The van der Waals surface area contributed by atoms with Crippen LogP contribution in [0, 0.1) is 5.82 Å². The van der Waals surface area contributed by atoms with Crippen molar-refractivity contribution in [2.75, 3.05) is 0 Å². The zero-order chi connectivity index (χ0) is 14.3. The Hall–Kier alpha value is -1.47. The lowest BCUT2D eigenvalue weighted by Crippen LogP contribution is -2.51. The lowest BCUT2D eigenvalue weighted by Gasteiger charge is -2.39. The Labute approximate surface area is 111 Å². The maximum atomic E-state index is 13.7. The van der Waals surface area contributed by atoms with Gasteiger partial charge < -0.3 is 5.32 Å². The van der Waals surface area contributed by atoms with E-state index in [2.05, 4.69) is 5.32 Å². The van der Waals surface area contributed by atoms with Crippen molar-refractivity contribution >= 4 is 15.9 Å². The summed E-state index contributed by atoms with van der Waals surface area (Å²) in [6.45, 7) is 1.89. The fourth-order valence-electron chi connectivity index (χ4n) is 2.03. The van der Waals surface area contributed by atoms with Gasteiger partial charge in [0.05, 0.1) is 10.5 Å². The highest BCUT2D eigenvalue weighted by Gasteiger charge is 2.34. The van der Waals surface area contributed by atoms with Crippen LogP contribution in [0.5, 0.6) is 0 Å². The Bertz CT molecular complexity index is 624. The van der Waals surface area contributed by atoms with Crippen LogP contribution >= 0.6 is 0 Å². The molecule has 1 amide bonds. The van der Waals surface area contributed by atoms with Gasteiger partial charge in [0.15, 0.2) is 0 Å². The van der Waals surface area contributed by atoms with E-state index in [-0.39, 0.29) is 16.0 Å². The molecule has 104 valence electrons. The number of amides is 1. The van der Waals surface area contributed by atoms with Crippen LogP contribution < -0.4 is 10.5 Å². The number of hydrogen-bond donors (Lipinski definition) is 2. The number of hydrogen-bond acceptors (Lipinski definition) is 3. The van der Waals surface area contributed by atoms with Crippen LogP contribution in [0.3, 0.4) is 0 Å². The summed E-state index contributed by atoms with van der Waals surface area (Å²) in [7, 11) is -3.97. The molecule has 1 aliphatic rings. The van der Waals surface area contributed by atoms with E-state index in [4.69, 9.17) is 5.14 Å². The van der Waals surface area contributed by atoms with Gasteiger partial charge in [-0.15, -0.1) is 0 Å². The zero-order valence-electron chi connectivity index (χ0n) is 10.4. The maximum Gasteiger partial charge on any atom is 0.254 e. The quantitative estimate of drug-likeness (QED) is 0.873. The fraction of sp³-hybridized carbons (Fsp3) is 0.417. The summed E-state index contributed by atoms with van der Waals surface area (Å²) in [5.41, 5.74) is -0.470. The molecule has 1 aliphatic carbocycles. The van der Waals surface area contributed by atoms with Gasteiger partial charge >= 0.3 is 0 Å². The highest BCUT2D eigenvalue weighted by molar-refractivity contribution is 7.89. The van der Waals surface area contributed by atoms with Gasteiger partial charge in [-0.05, 0) is 44.4 Å². The topological polar surface area (TPSA) is 89.3 Å². The van der Waals surface area contributed by atoms with E-state index in [1.807, 2.05) is 6.92 Å². The average Bonchev–Trinajstić information content (AvgIpc) is 2.25. The predicted octanol–water partition coefficient (Wildman–Crippen LogP) is 1.15. The molecule has 5 nitrogen and oxygen atoms in total. The number of carbonyl (C=O) groups excluding carboxylic acids is 1. The number of primary sulfonamides is 1. The van der Waals surface area contributed by atoms with Gasteiger partial charge in [0.25, 0.3) is 5.91 Å². The maximum absolute atomic E-state index is 13.7. The molecular weight excluding hydrogens is 271 g/mol. The number of halogens is 1. The minimum absolute atomic E-state index is 0.180. The van der Waals surface area contributed by atoms with Crippen LogP contribution in [-0.2, 0) is 10.0 Å². The van der Waals surface area contributed by atoms with Crippen molar-refractivity contribution in [3.05, 3.63) is 29.6 Å². The van der Waals surface area contributed by atoms with Gasteiger partial charge in [-0.2, -0.15) is 0 Å². The second-order valence-corrected chi connectivity index (χ2v) is 6.62. The summed E-state index contributed by atoms with van der Waals surface area (Å²) in [5, 5.41) is 7.64. The van der Waals surface area contributed by atoms with Crippen molar-refractivity contribution in [3.8, 4) is 0 Å². The minimum Gasteiger partial charge on any atom is -0.347 e. The summed E-state index contributed by atoms with van der Waals surface area (Å²) in [6.07, 6.45) is 2.74. The molecule has 1 saturated carbocycles. The molecule has 1 aromatic rings. The van der Waals surface area contributed by atoms with Crippen LogP contribution in [0.15, 0.2) is 23.1 Å². The van der Waals surface area contributed by atoms with Gasteiger partial charge in [0, 0.05) is 5.54 Å². The molecule has 0 radical (unpaired) electrons. The van der Waals surface area contributed by atoms with Crippen molar-refractivity contribution in [1.82, 2.24) is 5.32 Å². The molecule has 0 atom stereocenters. The summed E-state index contributed by atoms with van der Waals surface area (Å²) >= 11 is 0. The van der Waals surface area contributed by atoms with Gasteiger partial charge in [0.1, 0.15) is 5.82 Å². The Morgan fingerprint density at radius 1 is 1.42 bits per heavy atom. The van der Waals surface area contributed by atoms with Crippen LogP contribution in [0.1, 0.15) is 36.5 Å². The normalized spacial score (nSPS) is 17.6. The predicted molar refractivity (Wildman–Crippen MR) is 67.5 cm³/mol. The van der Waals surface area contributed by atoms with Crippen molar-refractivity contribution in [1.29, 1.82) is 0 Å². The van der Waals surface area contributed by atoms with Crippen LogP contribution in [0.4, 0.5) is 4.39 Å². The molecule has 1 fully saturated rings. The third kappa shape index (κ3) is 2.93. The number of carbonyl (C=O) groups is 1. The Morgan fingerprint density at radius 2 is 2.05 bits per heavy atom. The highest BCUT2D eigenvalue weighted by Crippen LogP contribution is 2.31. The van der Waals surface area contributed by atoms with Crippen molar-refractivity contribution < 1.29 is 17.6 Å². The van der Waals surface area contributed by atoms with E-state index in [1.54, 1.807) is 0 Å². The lowest BCUT2D eigenvalue weighted by molar-refractivity contribution is 0.0846. The molecule has 0 spiro atoms. The van der Waals surface area contributed by atoms with E-state index < -0.39 is 21.7 Å². The first-order valence-corrected chi connectivity index (χ1v) is 7.41. The molecule has 0 aliphatic heterocycles. The third-order valence-electron chi connectivity index (χ3n) is 3.39. The van der Waals surface area contributed by atoms with E-state index in [1.165, 1.54) is 0 Å². The van der Waals surface area contributed by atoms with Gasteiger partial charge in [-0.25, -0.2) is 17.9 Å². The molecule has 2 rings (SSSR count). The smallest absolute Gasteiger partial charge is 0.254 e. The van der Waals surface area contributed by atoms with E-state index in [0.717, 1.165) is 37.5 Å². The Morgan fingerprint density at radius 3 is 2.47 bits per heavy atom. The first-order valence-electron chi connectivity index (χ1n) is 5.86. The van der Waals surface area contributed by atoms with E-state index in [0.29, 0.717) is 0 Å². The second kappa shape index (κ2) is 4.57. The molecule has 0 unspecified atom stereocenters. The lowest BCUT2D eigenvalue weighted by atomic mass is 9.78. The first kappa shape index (κ1) is 14.0. The van der Waals surface area contributed by atoms with Crippen LogP contribution in [0.2, 0.25) is 0 Å². The van der Waals surface area contributed by atoms with Crippen molar-refractivity contribution in [3.63, 3.8) is 0 Å². The molecule has 7 heteroatoms. The fourth-order valence-corrected chi connectivity index (χ4v) is 2.56. The largest absolute Gasteiger partial charge is 0.347 e. The molecule has 0 aromatic heterocycles. The number of rotatable bonds is 3. The molecule has 0 saturated heterocycles. The first-order chi connectivity index (χ1) is 8.71. The SMILES string of the molecule is CC1(NC(=O)c2ccc(S(N)(=O)=O)cc2F)CCC1. The summed E-state index contributed by atoms with van der Waals surface area (Å²) < 4.78 is 35.9. The Kier molecular flexibility index (Phi) is 3.36. The zero-order valence-corrected chi connectivity index (χ0v) is 11.3. The van der Waals surface area contributed by atoms with Gasteiger partial charge in [0.2, 0.25) is 10.0 Å². The van der Waals surface area contributed by atoms with Gasteiger partial charge in [-0.3, -0.25) is 4.79 Å². The summed E-state index contributed by atoms with van der Waals surface area (Å²) in [4.78, 5) is 11.6. The second-order valence-electron chi connectivity index (χ2n) is 5.05. The minimum atomic E-state index is -3.97. The molecule has 0 bridgehead atoms. The van der Waals surface area contributed by atoms with Crippen LogP contribution in [0.25, 0.3) is 0 Å². The average molecular weight is 286 g/mol. The molecule has 19 heavy (non-hydrogen) atoms. The number of sulfonamides is 1. The number of benzene rings is 1. The van der Waals surface area contributed by atoms with Crippen molar-refractivity contribution in [2.45, 2.75) is 36.6 Å². The third-order valence-corrected chi connectivity index (χ3v) is 4.30. The molecule has 3 N–H and O–H groups in total. The monoisotopic (exact) mass is 286 g/mol. The number of nitrogens with one attached hydrogen (secondary N) is 1. The molecule has 0 heterocycles.